The first-order valence-corrected chi connectivity index (χ1v) is 5.18. The van der Waals surface area contributed by atoms with E-state index in [1.165, 1.54) is 0 Å². The third-order valence-corrected chi connectivity index (χ3v) is 2.11. The highest BCUT2D eigenvalue weighted by Gasteiger charge is 2.12. The molecule has 0 aromatic carbocycles. The molecule has 0 heterocycles. The van der Waals surface area contributed by atoms with Crippen LogP contribution in [0.3, 0.4) is 0 Å². The summed E-state index contributed by atoms with van der Waals surface area (Å²) in [5, 5.41) is 9.60. The summed E-state index contributed by atoms with van der Waals surface area (Å²) in [6.07, 6.45) is 6.60. The topological polar surface area (TPSA) is 20.2 Å². The molecular weight excluding hydrogens is 219 g/mol. The Hall–Kier alpha value is -0.240. The fourth-order valence-corrected chi connectivity index (χ4v) is 1.27. The Bertz CT molecular complexity index is 248. The van der Waals surface area contributed by atoms with E-state index in [1.807, 2.05) is 13.0 Å². The van der Waals surface area contributed by atoms with E-state index in [9.17, 15) is 5.11 Å². The molecule has 1 atom stereocenters. The van der Waals surface area contributed by atoms with Gasteiger partial charge < -0.3 is 5.11 Å². The van der Waals surface area contributed by atoms with Crippen molar-refractivity contribution in [1.82, 2.24) is 0 Å². The molecule has 0 spiro atoms. The molecule has 1 unspecified atom stereocenters. The minimum atomic E-state index is -0.800. The van der Waals surface area contributed by atoms with Gasteiger partial charge in [-0.15, -0.1) is 6.58 Å². The number of allylic oxidation sites excluding steroid dienone is 3. The first kappa shape index (κ1) is 13.8. The largest absolute Gasteiger partial charge is 0.386 e. The van der Waals surface area contributed by atoms with Crippen molar-refractivity contribution in [2.75, 3.05) is 0 Å². The second-order valence-corrected chi connectivity index (χ2v) is 4.49. The molecule has 0 aliphatic rings. The molecule has 0 saturated carbocycles. The predicted octanol–water partition coefficient (Wildman–Crippen LogP) is 3.97. The molecule has 1 nitrogen and oxygen atoms in total. The van der Waals surface area contributed by atoms with Crippen LogP contribution in [0.15, 0.2) is 34.9 Å². The lowest BCUT2D eigenvalue weighted by Crippen LogP contribution is -2.19. The molecule has 0 aliphatic heterocycles. The van der Waals surface area contributed by atoms with Crippen molar-refractivity contribution < 1.29 is 5.11 Å². The van der Waals surface area contributed by atoms with E-state index in [0.717, 1.165) is 12.0 Å². The van der Waals surface area contributed by atoms with Gasteiger partial charge in [0.1, 0.15) is 4.49 Å². The van der Waals surface area contributed by atoms with Crippen molar-refractivity contribution >= 4 is 23.2 Å². The van der Waals surface area contributed by atoms with E-state index in [2.05, 4.69) is 6.58 Å². The highest BCUT2D eigenvalue weighted by molar-refractivity contribution is 6.56. The van der Waals surface area contributed by atoms with Gasteiger partial charge >= 0.3 is 0 Å². The van der Waals surface area contributed by atoms with Crippen LogP contribution in [0.1, 0.15) is 26.7 Å². The van der Waals surface area contributed by atoms with E-state index in [0.29, 0.717) is 6.42 Å². The van der Waals surface area contributed by atoms with E-state index < -0.39 is 5.60 Å². The summed E-state index contributed by atoms with van der Waals surface area (Å²) in [7, 11) is 0. The fraction of sp³-hybridized carbons (Fsp3) is 0.455. The van der Waals surface area contributed by atoms with Gasteiger partial charge in [0.2, 0.25) is 0 Å². The number of rotatable bonds is 5. The van der Waals surface area contributed by atoms with Gasteiger partial charge in [-0.2, -0.15) is 0 Å². The Balaban J connectivity index is 4.06. The average Bonchev–Trinajstić information content (AvgIpc) is 2.02. The molecule has 14 heavy (non-hydrogen) atoms. The van der Waals surface area contributed by atoms with Gasteiger partial charge in [-0.1, -0.05) is 40.9 Å². The monoisotopic (exact) mass is 234 g/mol. The zero-order valence-electron chi connectivity index (χ0n) is 8.56. The van der Waals surface area contributed by atoms with Crippen LogP contribution in [0.4, 0.5) is 0 Å². The summed E-state index contributed by atoms with van der Waals surface area (Å²) in [5.74, 6) is 0. The van der Waals surface area contributed by atoms with Crippen molar-refractivity contribution in [2.24, 2.45) is 0 Å². The molecule has 0 aliphatic carbocycles. The lowest BCUT2D eigenvalue weighted by Gasteiger charge is -2.16. The van der Waals surface area contributed by atoms with E-state index in [1.54, 1.807) is 19.1 Å². The zero-order chi connectivity index (χ0) is 11.2. The van der Waals surface area contributed by atoms with Crippen molar-refractivity contribution in [3.8, 4) is 0 Å². The van der Waals surface area contributed by atoms with Gasteiger partial charge in [0.25, 0.3) is 0 Å². The highest BCUT2D eigenvalue weighted by atomic mass is 35.5. The number of hydrogen-bond acceptors (Lipinski definition) is 1. The summed E-state index contributed by atoms with van der Waals surface area (Å²) in [6.45, 7) is 7.19. The Morgan fingerprint density at radius 2 is 2.07 bits per heavy atom. The standard InChI is InChI=1S/C11H16Cl2O/c1-4-11(3,14)7-5-6-9(2)8-10(12)13/h4,6,8,14H,1,5,7H2,2-3H3/b9-6+. The Morgan fingerprint density at radius 1 is 1.50 bits per heavy atom. The Kier molecular flexibility index (Phi) is 6.17. The van der Waals surface area contributed by atoms with Gasteiger partial charge in [-0.3, -0.25) is 0 Å². The van der Waals surface area contributed by atoms with E-state index >= 15 is 0 Å². The van der Waals surface area contributed by atoms with Crippen LogP contribution in [0.5, 0.6) is 0 Å². The van der Waals surface area contributed by atoms with Crippen molar-refractivity contribution in [1.29, 1.82) is 0 Å². The quantitative estimate of drug-likeness (QED) is 0.564. The van der Waals surface area contributed by atoms with Crippen LogP contribution in [-0.2, 0) is 0 Å². The van der Waals surface area contributed by atoms with Crippen molar-refractivity contribution in [2.45, 2.75) is 32.3 Å². The molecule has 0 radical (unpaired) electrons. The molecule has 3 heteroatoms. The van der Waals surface area contributed by atoms with Crippen LogP contribution in [0.25, 0.3) is 0 Å². The number of hydrogen-bond donors (Lipinski definition) is 1. The summed E-state index contributed by atoms with van der Waals surface area (Å²) in [4.78, 5) is 0. The maximum Gasteiger partial charge on any atom is 0.107 e. The molecule has 0 aromatic heterocycles. The maximum atomic E-state index is 9.60. The van der Waals surface area contributed by atoms with Crippen LogP contribution >= 0.6 is 23.2 Å². The van der Waals surface area contributed by atoms with Gasteiger partial charge in [0.05, 0.1) is 5.60 Å². The normalized spacial score (nSPS) is 15.9. The lowest BCUT2D eigenvalue weighted by molar-refractivity contribution is 0.103. The van der Waals surface area contributed by atoms with Gasteiger partial charge in [-0.05, 0) is 32.8 Å². The SMILES string of the molecule is C=CC(C)(O)CC/C=C(\C)C=C(Cl)Cl. The number of aliphatic hydroxyl groups is 1. The zero-order valence-corrected chi connectivity index (χ0v) is 10.1. The maximum absolute atomic E-state index is 9.60. The van der Waals surface area contributed by atoms with Gasteiger partial charge in [0.15, 0.2) is 0 Å². The molecule has 0 rings (SSSR count). The third kappa shape index (κ3) is 7.19. The Morgan fingerprint density at radius 3 is 2.50 bits per heavy atom. The molecule has 0 aromatic rings. The predicted molar refractivity (Wildman–Crippen MR) is 63.6 cm³/mol. The van der Waals surface area contributed by atoms with E-state index in [4.69, 9.17) is 23.2 Å². The molecular formula is C11H16Cl2O. The summed E-state index contributed by atoms with van der Waals surface area (Å²) in [6, 6.07) is 0. The molecule has 0 saturated heterocycles. The third-order valence-electron chi connectivity index (χ3n) is 1.89. The molecule has 0 amide bonds. The first-order chi connectivity index (χ1) is 6.37. The Labute approximate surface area is 95.7 Å². The summed E-state index contributed by atoms with van der Waals surface area (Å²) in [5.41, 5.74) is 0.190. The minimum absolute atomic E-state index is 0.245. The first-order valence-electron chi connectivity index (χ1n) is 4.43. The van der Waals surface area contributed by atoms with Crippen LogP contribution in [0, 0.1) is 0 Å². The number of halogens is 2. The molecule has 0 fully saturated rings. The highest BCUT2D eigenvalue weighted by Crippen LogP contribution is 2.16. The molecule has 0 bridgehead atoms. The smallest absolute Gasteiger partial charge is 0.107 e. The lowest BCUT2D eigenvalue weighted by atomic mass is 10.00. The van der Waals surface area contributed by atoms with Crippen LogP contribution in [0.2, 0.25) is 0 Å². The van der Waals surface area contributed by atoms with Crippen molar-refractivity contribution in [3.05, 3.63) is 34.9 Å². The average molecular weight is 235 g/mol. The fourth-order valence-electron chi connectivity index (χ4n) is 0.925. The van der Waals surface area contributed by atoms with Gasteiger partial charge in [0, 0.05) is 0 Å². The van der Waals surface area contributed by atoms with Gasteiger partial charge in [-0.25, -0.2) is 0 Å². The summed E-state index contributed by atoms with van der Waals surface area (Å²) >= 11 is 11.0. The second-order valence-electron chi connectivity index (χ2n) is 3.48. The molecule has 80 valence electrons. The second kappa shape index (κ2) is 6.28. The van der Waals surface area contributed by atoms with E-state index in [-0.39, 0.29) is 4.49 Å². The molecule has 1 N–H and O–H groups in total. The minimum Gasteiger partial charge on any atom is -0.386 e. The van der Waals surface area contributed by atoms with Crippen LogP contribution < -0.4 is 0 Å². The summed E-state index contributed by atoms with van der Waals surface area (Å²) < 4.78 is 0.245. The van der Waals surface area contributed by atoms with Crippen molar-refractivity contribution in [3.63, 3.8) is 0 Å². The van der Waals surface area contributed by atoms with Crippen LogP contribution in [-0.4, -0.2) is 10.7 Å².